The van der Waals surface area contributed by atoms with Gasteiger partial charge in [-0.05, 0) is 11.8 Å². The number of hydrogen-bond acceptors (Lipinski definition) is 4. The Hall–Kier alpha value is -1.03. The van der Waals surface area contributed by atoms with E-state index in [0.29, 0.717) is 18.0 Å². The molecule has 0 radical (unpaired) electrons. The van der Waals surface area contributed by atoms with Gasteiger partial charge in [-0.25, -0.2) is 4.98 Å². The Labute approximate surface area is 88.1 Å². The number of thioether (sulfide) groups is 1. The molecule has 0 unspecified atom stereocenters. The zero-order valence-corrected chi connectivity index (χ0v) is 9.01. The number of anilines is 1. The molecule has 3 nitrogen and oxygen atoms in total. The molecular formula is C10H14N2OS. The summed E-state index contributed by atoms with van der Waals surface area (Å²) >= 11 is 1.63. The predicted octanol–water partition coefficient (Wildman–Crippen LogP) is 1.53. The number of aromatic nitrogens is 1. The van der Waals surface area contributed by atoms with Gasteiger partial charge in [0.1, 0.15) is 11.6 Å². The molecule has 76 valence electrons. The van der Waals surface area contributed by atoms with E-state index in [4.69, 9.17) is 5.73 Å². The van der Waals surface area contributed by atoms with E-state index in [1.807, 2.05) is 13.0 Å². The lowest BCUT2D eigenvalue weighted by Crippen LogP contribution is -2.08. The predicted molar refractivity (Wildman–Crippen MR) is 60.4 cm³/mol. The van der Waals surface area contributed by atoms with Crippen molar-refractivity contribution >= 4 is 23.4 Å². The highest BCUT2D eigenvalue weighted by molar-refractivity contribution is 7.99. The summed E-state index contributed by atoms with van der Waals surface area (Å²) in [6.07, 6.45) is 2.02. The highest BCUT2D eigenvalue weighted by Crippen LogP contribution is 2.09. The first kappa shape index (κ1) is 11.0. The normalized spacial score (nSPS) is 10.1. The molecule has 0 aliphatic rings. The van der Waals surface area contributed by atoms with Crippen LogP contribution >= 0.6 is 11.8 Å². The molecule has 0 saturated heterocycles. The average molecular weight is 210 g/mol. The number of Topliss-reactive ketones (excluding diaryl/α,β-unsaturated/α-hetero) is 1. The molecule has 1 rings (SSSR count). The molecule has 4 heteroatoms. The second-order valence-corrected chi connectivity index (χ2v) is 4.17. The number of ketones is 1. The molecule has 1 heterocycles. The van der Waals surface area contributed by atoms with E-state index >= 15 is 0 Å². The van der Waals surface area contributed by atoms with Crippen LogP contribution in [0.3, 0.4) is 0 Å². The zero-order chi connectivity index (χ0) is 10.4. The van der Waals surface area contributed by atoms with Gasteiger partial charge in [-0.2, -0.15) is 11.8 Å². The monoisotopic (exact) mass is 210 g/mol. The Morgan fingerprint density at radius 2 is 2.43 bits per heavy atom. The lowest BCUT2D eigenvalue weighted by molar-refractivity contribution is -0.115. The molecule has 0 bridgehead atoms. The Balaban J connectivity index is 2.52. The van der Waals surface area contributed by atoms with Gasteiger partial charge in [0, 0.05) is 18.2 Å². The van der Waals surface area contributed by atoms with E-state index in [1.165, 1.54) is 0 Å². The number of pyridine rings is 1. The van der Waals surface area contributed by atoms with Crippen molar-refractivity contribution in [3.63, 3.8) is 0 Å². The summed E-state index contributed by atoms with van der Waals surface area (Å²) in [5.74, 6) is 2.19. The van der Waals surface area contributed by atoms with Gasteiger partial charge in [0.25, 0.3) is 0 Å². The summed E-state index contributed by atoms with van der Waals surface area (Å²) in [6, 6.07) is 3.64. The van der Waals surface area contributed by atoms with Crippen molar-refractivity contribution in [2.75, 3.05) is 17.2 Å². The quantitative estimate of drug-likeness (QED) is 0.800. The van der Waals surface area contributed by atoms with Gasteiger partial charge in [-0.15, -0.1) is 0 Å². The van der Waals surface area contributed by atoms with Crippen molar-refractivity contribution < 1.29 is 4.79 Å². The van der Waals surface area contributed by atoms with Crippen LogP contribution in [0, 0.1) is 0 Å². The summed E-state index contributed by atoms with van der Waals surface area (Å²) < 4.78 is 0. The lowest BCUT2D eigenvalue weighted by atomic mass is 10.1. The molecule has 0 spiro atoms. The maximum Gasteiger partial charge on any atom is 0.147 e. The van der Waals surface area contributed by atoms with Gasteiger partial charge in [-0.3, -0.25) is 4.79 Å². The Morgan fingerprint density at radius 1 is 1.64 bits per heavy atom. The molecule has 0 amide bonds. The lowest BCUT2D eigenvalue weighted by Gasteiger charge is -2.02. The van der Waals surface area contributed by atoms with Crippen LogP contribution in [-0.2, 0) is 11.2 Å². The fourth-order valence-corrected chi connectivity index (χ4v) is 1.61. The fourth-order valence-electron chi connectivity index (χ4n) is 1.08. The van der Waals surface area contributed by atoms with Crippen molar-refractivity contribution in [1.82, 2.24) is 4.98 Å². The van der Waals surface area contributed by atoms with Crippen molar-refractivity contribution in [2.24, 2.45) is 0 Å². The standard InChI is InChI=1S/C10H14N2OS/c1-2-14-7-9(13)6-8-4-3-5-12-10(8)11/h3-5H,2,6-7H2,1H3,(H2,11,12). The van der Waals surface area contributed by atoms with Crippen molar-refractivity contribution in [2.45, 2.75) is 13.3 Å². The van der Waals surface area contributed by atoms with E-state index in [9.17, 15) is 4.79 Å². The van der Waals surface area contributed by atoms with Crippen LogP contribution in [0.1, 0.15) is 12.5 Å². The topological polar surface area (TPSA) is 56.0 Å². The van der Waals surface area contributed by atoms with Gasteiger partial charge in [0.2, 0.25) is 0 Å². The van der Waals surface area contributed by atoms with Crippen LogP contribution < -0.4 is 5.73 Å². The third-order valence-electron chi connectivity index (χ3n) is 1.78. The number of hydrogen-bond donors (Lipinski definition) is 1. The number of carbonyl (C=O) groups excluding carboxylic acids is 1. The smallest absolute Gasteiger partial charge is 0.147 e. The van der Waals surface area contributed by atoms with Crippen LogP contribution in [0.2, 0.25) is 0 Å². The number of nitrogens with two attached hydrogens (primary N) is 1. The zero-order valence-electron chi connectivity index (χ0n) is 8.19. The minimum absolute atomic E-state index is 0.205. The minimum atomic E-state index is 0.205. The third kappa shape index (κ3) is 3.38. The Morgan fingerprint density at radius 3 is 3.07 bits per heavy atom. The first-order chi connectivity index (χ1) is 6.74. The maximum absolute atomic E-state index is 11.4. The van der Waals surface area contributed by atoms with Gasteiger partial charge in [0.15, 0.2) is 0 Å². The van der Waals surface area contributed by atoms with Crippen LogP contribution in [0.5, 0.6) is 0 Å². The van der Waals surface area contributed by atoms with Crippen molar-refractivity contribution in [3.05, 3.63) is 23.9 Å². The van der Waals surface area contributed by atoms with Crippen LogP contribution in [0.25, 0.3) is 0 Å². The van der Waals surface area contributed by atoms with Gasteiger partial charge in [-0.1, -0.05) is 13.0 Å². The Bertz CT molecular complexity index is 315. The summed E-state index contributed by atoms with van der Waals surface area (Å²) in [4.78, 5) is 15.4. The molecule has 0 aromatic carbocycles. The average Bonchev–Trinajstić information content (AvgIpc) is 2.18. The number of carbonyl (C=O) groups is 1. The van der Waals surface area contributed by atoms with Crippen LogP contribution in [-0.4, -0.2) is 22.3 Å². The third-order valence-corrected chi connectivity index (χ3v) is 2.72. The van der Waals surface area contributed by atoms with Crippen molar-refractivity contribution in [1.29, 1.82) is 0 Å². The molecular weight excluding hydrogens is 196 g/mol. The SMILES string of the molecule is CCSCC(=O)Cc1cccnc1N. The highest BCUT2D eigenvalue weighted by Gasteiger charge is 2.06. The molecule has 1 aromatic rings. The van der Waals surface area contributed by atoms with E-state index in [0.717, 1.165) is 11.3 Å². The second kappa shape index (κ2) is 5.65. The molecule has 0 aliphatic heterocycles. The van der Waals surface area contributed by atoms with E-state index in [-0.39, 0.29) is 5.78 Å². The van der Waals surface area contributed by atoms with Crippen molar-refractivity contribution in [3.8, 4) is 0 Å². The Kier molecular flexibility index (Phi) is 4.46. The molecule has 1 aromatic heterocycles. The molecule has 0 saturated carbocycles. The second-order valence-electron chi connectivity index (χ2n) is 2.90. The number of nitrogens with zero attached hydrogens (tertiary/aromatic N) is 1. The number of rotatable bonds is 5. The van der Waals surface area contributed by atoms with E-state index in [2.05, 4.69) is 4.98 Å². The maximum atomic E-state index is 11.4. The highest BCUT2D eigenvalue weighted by atomic mass is 32.2. The van der Waals surface area contributed by atoms with Crippen LogP contribution in [0.4, 0.5) is 5.82 Å². The van der Waals surface area contributed by atoms with Crippen LogP contribution in [0.15, 0.2) is 18.3 Å². The summed E-state index contributed by atoms with van der Waals surface area (Å²) in [5.41, 5.74) is 6.46. The summed E-state index contributed by atoms with van der Waals surface area (Å²) in [7, 11) is 0. The minimum Gasteiger partial charge on any atom is -0.383 e. The molecule has 0 aliphatic carbocycles. The summed E-state index contributed by atoms with van der Waals surface area (Å²) in [6.45, 7) is 2.04. The molecule has 2 N–H and O–H groups in total. The van der Waals surface area contributed by atoms with Gasteiger partial charge in [0.05, 0.1) is 5.75 Å². The van der Waals surface area contributed by atoms with Gasteiger partial charge >= 0.3 is 0 Å². The molecule has 14 heavy (non-hydrogen) atoms. The first-order valence-electron chi connectivity index (χ1n) is 4.53. The van der Waals surface area contributed by atoms with E-state index < -0.39 is 0 Å². The fraction of sp³-hybridized carbons (Fsp3) is 0.400. The molecule has 0 atom stereocenters. The summed E-state index contributed by atoms with van der Waals surface area (Å²) in [5, 5.41) is 0. The first-order valence-corrected chi connectivity index (χ1v) is 5.68. The van der Waals surface area contributed by atoms with Gasteiger partial charge < -0.3 is 5.73 Å². The molecule has 0 fully saturated rings. The number of nitrogen functional groups attached to an aromatic ring is 1. The van der Waals surface area contributed by atoms with E-state index in [1.54, 1.807) is 24.0 Å². The largest absolute Gasteiger partial charge is 0.383 e.